The van der Waals surface area contributed by atoms with Crippen molar-refractivity contribution >= 4 is 15.9 Å². The molecule has 0 amide bonds. The smallest absolute Gasteiger partial charge is 0.0738 e. The first-order valence-corrected chi connectivity index (χ1v) is 8.51. The van der Waals surface area contributed by atoms with Crippen LogP contribution in [-0.2, 0) is 13.5 Å². The van der Waals surface area contributed by atoms with Gasteiger partial charge >= 0.3 is 0 Å². The molecule has 1 atom stereocenters. The summed E-state index contributed by atoms with van der Waals surface area (Å²) in [4.78, 5) is 0. The van der Waals surface area contributed by atoms with E-state index in [-0.39, 0.29) is 0 Å². The molecule has 1 N–H and O–H groups in total. The Kier molecular flexibility index (Phi) is 4.96. The van der Waals surface area contributed by atoms with E-state index in [1.807, 2.05) is 4.68 Å². The van der Waals surface area contributed by atoms with Gasteiger partial charge in [0.1, 0.15) is 0 Å². The minimum absolute atomic E-state index is 0.345. The number of nitrogens with one attached hydrogen (secondary N) is 1. The fraction of sp³-hybridized carbons (Fsp3) is 0.812. The number of hydrogen-bond donors (Lipinski definition) is 1. The second kappa shape index (κ2) is 6.18. The van der Waals surface area contributed by atoms with Gasteiger partial charge in [-0.15, -0.1) is 0 Å². The number of aromatic nitrogens is 2. The second-order valence-electron chi connectivity index (χ2n) is 7.10. The molecule has 1 saturated carbocycles. The van der Waals surface area contributed by atoms with Crippen LogP contribution in [-0.4, -0.2) is 22.9 Å². The first-order chi connectivity index (χ1) is 9.33. The van der Waals surface area contributed by atoms with E-state index < -0.39 is 0 Å². The lowest BCUT2D eigenvalue weighted by Gasteiger charge is -2.31. The third kappa shape index (κ3) is 3.64. The molecule has 2 rings (SSSR count). The molecule has 1 aromatic heterocycles. The van der Waals surface area contributed by atoms with Gasteiger partial charge in [-0.1, -0.05) is 20.8 Å². The van der Waals surface area contributed by atoms with Crippen LogP contribution in [0.2, 0.25) is 0 Å². The van der Waals surface area contributed by atoms with E-state index in [0.717, 1.165) is 31.1 Å². The maximum atomic E-state index is 4.53. The maximum Gasteiger partial charge on any atom is 0.0738 e. The molecule has 4 heteroatoms. The van der Waals surface area contributed by atoms with Crippen LogP contribution in [0.4, 0.5) is 0 Å². The van der Waals surface area contributed by atoms with Gasteiger partial charge in [0.2, 0.25) is 0 Å². The van der Waals surface area contributed by atoms with Crippen LogP contribution >= 0.6 is 15.9 Å². The SMILES string of the molecule is Cc1nn(C)c(CC(C)(CNCC(C)C)C2CC2)c1Br. The molecule has 1 fully saturated rings. The summed E-state index contributed by atoms with van der Waals surface area (Å²) in [6.45, 7) is 11.2. The highest BCUT2D eigenvalue weighted by atomic mass is 79.9. The Hall–Kier alpha value is -0.350. The predicted octanol–water partition coefficient (Wildman–Crippen LogP) is 3.70. The average molecular weight is 342 g/mol. The first-order valence-electron chi connectivity index (χ1n) is 7.72. The van der Waals surface area contributed by atoms with Gasteiger partial charge in [0.05, 0.1) is 15.9 Å². The summed E-state index contributed by atoms with van der Waals surface area (Å²) in [6, 6.07) is 0. The topological polar surface area (TPSA) is 29.9 Å². The second-order valence-corrected chi connectivity index (χ2v) is 7.89. The zero-order chi connectivity index (χ0) is 14.9. The van der Waals surface area contributed by atoms with Crippen molar-refractivity contribution in [3.63, 3.8) is 0 Å². The normalized spacial score (nSPS) is 18.6. The molecule has 0 saturated heterocycles. The Balaban J connectivity index is 2.08. The van der Waals surface area contributed by atoms with Crippen LogP contribution < -0.4 is 5.32 Å². The summed E-state index contributed by atoms with van der Waals surface area (Å²) in [5, 5.41) is 8.20. The number of nitrogens with zero attached hydrogens (tertiary/aromatic N) is 2. The van der Waals surface area contributed by atoms with Gasteiger partial charge < -0.3 is 5.32 Å². The van der Waals surface area contributed by atoms with Crippen molar-refractivity contribution in [3.05, 3.63) is 15.9 Å². The van der Waals surface area contributed by atoms with Crippen molar-refractivity contribution in [3.8, 4) is 0 Å². The molecule has 3 nitrogen and oxygen atoms in total. The van der Waals surface area contributed by atoms with E-state index in [9.17, 15) is 0 Å². The van der Waals surface area contributed by atoms with Gasteiger partial charge in [0.15, 0.2) is 0 Å². The van der Waals surface area contributed by atoms with E-state index in [1.165, 1.54) is 23.0 Å². The zero-order valence-corrected chi connectivity index (χ0v) is 15.0. The van der Waals surface area contributed by atoms with Gasteiger partial charge in [-0.3, -0.25) is 4.68 Å². The molecule has 0 aromatic carbocycles. The molecule has 0 radical (unpaired) electrons. The third-order valence-corrected chi connectivity index (χ3v) is 5.51. The lowest BCUT2D eigenvalue weighted by atomic mass is 9.80. The highest BCUT2D eigenvalue weighted by molar-refractivity contribution is 9.10. The monoisotopic (exact) mass is 341 g/mol. The Bertz CT molecular complexity index is 463. The van der Waals surface area contributed by atoms with Gasteiger partial charge in [0.25, 0.3) is 0 Å². The van der Waals surface area contributed by atoms with Crippen molar-refractivity contribution in [2.24, 2.45) is 24.3 Å². The van der Waals surface area contributed by atoms with Crippen molar-refractivity contribution in [1.82, 2.24) is 15.1 Å². The van der Waals surface area contributed by atoms with Crippen LogP contribution in [0.3, 0.4) is 0 Å². The molecule has 1 aliphatic carbocycles. The highest BCUT2D eigenvalue weighted by Gasteiger charge is 2.42. The van der Waals surface area contributed by atoms with Crippen LogP contribution in [0.15, 0.2) is 4.47 Å². The third-order valence-electron chi connectivity index (χ3n) is 4.48. The van der Waals surface area contributed by atoms with Crippen molar-refractivity contribution < 1.29 is 0 Å². The molecule has 1 unspecified atom stereocenters. The van der Waals surface area contributed by atoms with Crippen LogP contribution in [0.25, 0.3) is 0 Å². The van der Waals surface area contributed by atoms with Crippen LogP contribution in [0, 0.1) is 24.2 Å². The van der Waals surface area contributed by atoms with E-state index in [2.05, 4.69) is 61.1 Å². The Morgan fingerprint density at radius 1 is 1.45 bits per heavy atom. The summed E-state index contributed by atoms with van der Waals surface area (Å²) in [5.41, 5.74) is 2.77. The van der Waals surface area contributed by atoms with Gasteiger partial charge in [-0.05, 0) is 65.9 Å². The van der Waals surface area contributed by atoms with E-state index in [0.29, 0.717) is 11.3 Å². The summed E-state index contributed by atoms with van der Waals surface area (Å²) in [7, 11) is 2.06. The number of halogens is 1. The fourth-order valence-corrected chi connectivity index (χ4v) is 3.51. The quantitative estimate of drug-likeness (QED) is 0.819. The van der Waals surface area contributed by atoms with Gasteiger partial charge in [-0.2, -0.15) is 5.10 Å². The Morgan fingerprint density at radius 2 is 2.10 bits per heavy atom. The molecule has 0 spiro atoms. The largest absolute Gasteiger partial charge is 0.316 e. The molecule has 0 bridgehead atoms. The summed E-state index contributed by atoms with van der Waals surface area (Å²) in [6.07, 6.45) is 3.86. The lowest BCUT2D eigenvalue weighted by Crippen LogP contribution is -2.37. The van der Waals surface area contributed by atoms with Crippen LogP contribution in [0.5, 0.6) is 0 Å². The first kappa shape index (κ1) is 16.0. The zero-order valence-electron chi connectivity index (χ0n) is 13.5. The molecule has 0 aliphatic heterocycles. The molecule has 1 aromatic rings. The van der Waals surface area contributed by atoms with Crippen molar-refractivity contribution in [1.29, 1.82) is 0 Å². The number of rotatable bonds is 7. The summed E-state index contributed by atoms with van der Waals surface area (Å²) < 4.78 is 3.23. The average Bonchev–Trinajstić information content (AvgIpc) is 3.15. The van der Waals surface area contributed by atoms with Gasteiger partial charge in [0, 0.05) is 13.6 Å². The van der Waals surface area contributed by atoms with E-state index >= 15 is 0 Å². The minimum Gasteiger partial charge on any atom is -0.316 e. The van der Waals surface area contributed by atoms with Gasteiger partial charge in [-0.25, -0.2) is 0 Å². The van der Waals surface area contributed by atoms with Crippen molar-refractivity contribution in [2.75, 3.05) is 13.1 Å². The van der Waals surface area contributed by atoms with Crippen molar-refractivity contribution in [2.45, 2.75) is 47.0 Å². The molecule has 1 heterocycles. The molecule has 114 valence electrons. The molecule has 1 aliphatic rings. The highest BCUT2D eigenvalue weighted by Crippen LogP contribution is 2.47. The fourth-order valence-electron chi connectivity index (χ4n) is 3.03. The number of hydrogen-bond acceptors (Lipinski definition) is 2. The standard InChI is InChI=1S/C16H28BrN3/c1-11(2)9-18-10-16(4,13-6-7-13)8-14-15(17)12(3)19-20(14)5/h11,13,18H,6-10H2,1-5H3. The summed E-state index contributed by atoms with van der Waals surface area (Å²) in [5.74, 6) is 1.58. The molecule has 20 heavy (non-hydrogen) atoms. The number of aryl methyl sites for hydroxylation is 2. The predicted molar refractivity (Wildman–Crippen MR) is 87.9 cm³/mol. The van der Waals surface area contributed by atoms with E-state index in [1.54, 1.807) is 0 Å². The lowest BCUT2D eigenvalue weighted by molar-refractivity contribution is 0.246. The van der Waals surface area contributed by atoms with E-state index in [4.69, 9.17) is 0 Å². The minimum atomic E-state index is 0.345. The maximum absolute atomic E-state index is 4.53. The molecular formula is C16H28BrN3. The van der Waals surface area contributed by atoms with Crippen LogP contribution in [0.1, 0.15) is 45.0 Å². The Morgan fingerprint density at radius 3 is 2.55 bits per heavy atom. The summed E-state index contributed by atoms with van der Waals surface area (Å²) >= 11 is 3.71. The Labute approximate surface area is 131 Å². The molecular weight excluding hydrogens is 314 g/mol.